The van der Waals surface area contributed by atoms with E-state index in [2.05, 4.69) is 10.2 Å². The summed E-state index contributed by atoms with van der Waals surface area (Å²) in [7, 11) is 0. The summed E-state index contributed by atoms with van der Waals surface area (Å²) in [4.78, 5) is 11.1. The van der Waals surface area contributed by atoms with Gasteiger partial charge in [0.25, 0.3) is 0 Å². The molecule has 1 aromatic rings. The zero-order valence-corrected chi connectivity index (χ0v) is 8.42. The smallest absolute Gasteiger partial charge is 0.309 e. The molecule has 0 amide bonds. The number of carboxylic acid groups (broad SMARTS) is 1. The standard InChI is InChI=1S/C10H14N2O2/c1-6-7-5-10(2,9(13)14)4-3-8(7)12-11-6/h3-5H2,1-2H3,(H,11,12)(H,13,14). The second-order valence-corrected chi connectivity index (χ2v) is 4.32. The summed E-state index contributed by atoms with van der Waals surface area (Å²) in [6, 6.07) is 0. The van der Waals surface area contributed by atoms with E-state index in [0.717, 1.165) is 23.4 Å². The summed E-state index contributed by atoms with van der Waals surface area (Å²) in [5.74, 6) is -0.705. The summed E-state index contributed by atoms with van der Waals surface area (Å²) >= 11 is 0. The van der Waals surface area contributed by atoms with Gasteiger partial charge in [-0.25, -0.2) is 0 Å². The van der Waals surface area contributed by atoms with Gasteiger partial charge >= 0.3 is 5.97 Å². The first kappa shape index (κ1) is 9.24. The maximum Gasteiger partial charge on any atom is 0.309 e. The minimum atomic E-state index is -0.705. The van der Waals surface area contributed by atoms with Crippen LogP contribution in [0.5, 0.6) is 0 Å². The van der Waals surface area contributed by atoms with Gasteiger partial charge in [0.2, 0.25) is 0 Å². The number of aliphatic carboxylic acids is 1. The Morgan fingerprint density at radius 1 is 1.64 bits per heavy atom. The Hall–Kier alpha value is -1.32. The Kier molecular flexibility index (Phi) is 1.87. The first-order valence-electron chi connectivity index (χ1n) is 4.79. The van der Waals surface area contributed by atoms with Crippen molar-refractivity contribution in [2.75, 3.05) is 0 Å². The maximum atomic E-state index is 11.1. The monoisotopic (exact) mass is 194 g/mol. The van der Waals surface area contributed by atoms with Gasteiger partial charge in [0, 0.05) is 5.69 Å². The van der Waals surface area contributed by atoms with Crippen LogP contribution in [-0.2, 0) is 17.6 Å². The first-order chi connectivity index (χ1) is 6.53. The molecule has 1 unspecified atom stereocenters. The van der Waals surface area contributed by atoms with Crippen LogP contribution < -0.4 is 0 Å². The van der Waals surface area contributed by atoms with Crippen LogP contribution in [0.25, 0.3) is 0 Å². The number of hydrogen-bond donors (Lipinski definition) is 2. The van der Waals surface area contributed by atoms with E-state index in [1.807, 2.05) is 13.8 Å². The number of carboxylic acids is 1. The summed E-state index contributed by atoms with van der Waals surface area (Å²) in [5, 5.41) is 16.2. The highest BCUT2D eigenvalue weighted by atomic mass is 16.4. The van der Waals surface area contributed by atoms with Crippen molar-refractivity contribution < 1.29 is 9.90 Å². The molecule has 0 saturated carbocycles. The summed E-state index contributed by atoms with van der Waals surface area (Å²) < 4.78 is 0. The van der Waals surface area contributed by atoms with E-state index in [-0.39, 0.29) is 0 Å². The van der Waals surface area contributed by atoms with Crippen molar-refractivity contribution in [3.8, 4) is 0 Å². The third-order valence-electron chi connectivity index (χ3n) is 3.16. The fourth-order valence-electron chi connectivity index (χ4n) is 2.00. The lowest BCUT2D eigenvalue weighted by molar-refractivity contribution is -0.148. The predicted octanol–water partition coefficient (Wildman–Crippen LogP) is 1.30. The molecule has 0 aromatic carbocycles. The molecular weight excluding hydrogens is 180 g/mol. The molecule has 1 heterocycles. The van der Waals surface area contributed by atoms with Gasteiger partial charge in [0.1, 0.15) is 0 Å². The lowest BCUT2D eigenvalue weighted by atomic mass is 9.74. The summed E-state index contributed by atoms with van der Waals surface area (Å²) in [6.07, 6.45) is 2.04. The Labute approximate surface area is 82.3 Å². The fraction of sp³-hybridized carbons (Fsp3) is 0.600. The third-order valence-corrected chi connectivity index (χ3v) is 3.16. The summed E-state index contributed by atoms with van der Waals surface area (Å²) in [5.41, 5.74) is 2.54. The molecule has 1 aliphatic rings. The molecule has 0 bridgehead atoms. The lowest BCUT2D eigenvalue weighted by Crippen LogP contribution is -2.33. The Morgan fingerprint density at radius 3 is 3.00 bits per heavy atom. The number of fused-ring (bicyclic) bond motifs is 1. The van der Waals surface area contributed by atoms with Crippen LogP contribution in [0, 0.1) is 12.3 Å². The number of nitrogens with zero attached hydrogens (tertiary/aromatic N) is 1. The molecule has 14 heavy (non-hydrogen) atoms. The Balaban J connectivity index is 2.37. The molecular formula is C10H14N2O2. The number of hydrogen-bond acceptors (Lipinski definition) is 2. The van der Waals surface area contributed by atoms with Crippen molar-refractivity contribution in [3.63, 3.8) is 0 Å². The molecule has 1 aliphatic carbocycles. The van der Waals surface area contributed by atoms with Crippen LogP contribution >= 0.6 is 0 Å². The average molecular weight is 194 g/mol. The van der Waals surface area contributed by atoms with Gasteiger partial charge in [-0.05, 0) is 38.7 Å². The highest BCUT2D eigenvalue weighted by Gasteiger charge is 2.38. The number of aromatic amines is 1. The van der Waals surface area contributed by atoms with Crippen molar-refractivity contribution in [2.24, 2.45) is 5.41 Å². The average Bonchev–Trinajstić information content (AvgIpc) is 2.48. The van der Waals surface area contributed by atoms with Crippen molar-refractivity contribution >= 4 is 5.97 Å². The highest BCUT2D eigenvalue weighted by molar-refractivity contribution is 5.75. The van der Waals surface area contributed by atoms with Crippen LogP contribution in [0.3, 0.4) is 0 Å². The molecule has 0 spiro atoms. The zero-order valence-electron chi connectivity index (χ0n) is 8.42. The quantitative estimate of drug-likeness (QED) is 0.708. The Bertz CT molecular complexity index is 383. The van der Waals surface area contributed by atoms with Gasteiger partial charge in [-0.15, -0.1) is 0 Å². The highest BCUT2D eigenvalue weighted by Crippen LogP contribution is 2.35. The van der Waals surface area contributed by atoms with Crippen LogP contribution in [0.4, 0.5) is 0 Å². The minimum absolute atomic E-state index is 0.597. The van der Waals surface area contributed by atoms with E-state index in [1.54, 1.807) is 0 Å². The van der Waals surface area contributed by atoms with Gasteiger partial charge in [-0.3, -0.25) is 9.89 Å². The molecule has 1 atom stereocenters. The van der Waals surface area contributed by atoms with Gasteiger partial charge in [0.15, 0.2) is 0 Å². The second-order valence-electron chi connectivity index (χ2n) is 4.32. The van der Waals surface area contributed by atoms with Gasteiger partial charge in [-0.2, -0.15) is 5.10 Å². The predicted molar refractivity (Wildman–Crippen MR) is 51.1 cm³/mol. The van der Waals surface area contributed by atoms with Gasteiger partial charge < -0.3 is 5.11 Å². The van der Waals surface area contributed by atoms with Crippen LogP contribution in [0.1, 0.15) is 30.3 Å². The third kappa shape index (κ3) is 1.22. The molecule has 1 aromatic heterocycles. The molecule has 0 fully saturated rings. The number of aromatic nitrogens is 2. The molecule has 4 heteroatoms. The molecule has 0 saturated heterocycles. The second kappa shape index (κ2) is 2.83. The topological polar surface area (TPSA) is 66.0 Å². The van der Waals surface area contributed by atoms with E-state index in [1.165, 1.54) is 0 Å². The largest absolute Gasteiger partial charge is 0.481 e. The van der Waals surface area contributed by atoms with E-state index in [0.29, 0.717) is 12.8 Å². The van der Waals surface area contributed by atoms with E-state index < -0.39 is 11.4 Å². The molecule has 76 valence electrons. The maximum absolute atomic E-state index is 11.1. The molecule has 4 nitrogen and oxygen atoms in total. The Morgan fingerprint density at radius 2 is 2.36 bits per heavy atom. The molecule has 2 N–H and O–H groups in total. The number of nitrogens with one attached hydrogen (secondary N) is 1. The number of H-pyrrole nitrogens is 1. The van der Waals surface area contributed by atoms with E-state index in [9.17, 15) is 4.79 Å². The molecule has 2 rings (SSSR count). The van der Waals surface area contributed by atoms with Gasteiger partial charge in [-0.1, -0.05) is 0 Å². The van der Waals surface area contributed by atoms with Crippen molar-refractivity contribution in [3.05, 3.63) is 17.0 Å². The van der Waals surface area contributed by atoms with Crippen molar-refractivity contribution in [2.45, 2.75) is 33.1 Å². The van der Waals surface area contributed by atoms with Gasteiger partial charge in [0.05, 0.1) is 11.1 Å². The first-order valence-corrected chi connectivity index (χ1v) is 4.79. The van der Waals surface area contributed by atoms with Crippen LogP contribution in [0.15, 0.2) is 0 Å². The summed E-state index contributed by atoms with van der Waals surface area (Å²) in [6.45, 7) is 3.75. The lowest BCUT2D eigenvalue weighted by Gasteiger charge is -2.28. The number of rotatable bonds is 1. The zero-order chi connectivity index (χ0) is 10.3. The van der Waals surface area contributed by atoms with Crippen LogP contribution in [-0.4, -0.2) is 21.3 Å². The number of carbonyl (C=O) groups is 1. The van der Waals surface area contributed by atoms with E-state index >= 15 is 0 Å². The van der Waals surface area contributed by atoms with Crippen molar-refractivity contribution in [1.82, 2.24) is 10.2 Å². The fourth-order valence-corrected chi connectivity index (χ4v) is 2.00. The SMILES string of the molecule is Cc1[nH]nc2c1CC(C)(C(=O)O)CC2. The van der Waals surface area contributed by atoms with Crippen molar-refractivity contribution in [1.29, 1.82) is 0 Å². The normalized spacial score (nSPS) is 25.9. The number of aryl methyl sites for hydroxylation is 2. The molecule has 0 radical (unpaired) electrons. The van der Waals surface area contributed by atoms with Crippen LogP contribution in [0.2, 0.25) is 0 Å². The van der Waals surface area contributed by atoms with E-state index in [4.69, 9.17) is 5.11 Å². The molecule has 0 aliphatic heterocycles. The minimum Gasteiger partial charge on any atom is -0.481 e.